The van der Waals surface area contributed by atoms with E-state index in [1.807, 2.05) is 35.2 Å². The molecule has 0 aliphatic carbocycles. The third kappa shape index (κ3) is 3.61. The summed E-state index contributed by atoms with van der Waals surface area (Å²) in [5.41, 5.74) is 1.28. The fraction of sp³-hybridized carbons (Fsp3) is 0.500. The molecule has 6 heteroatoms. The van der Waals surface area contributed by atoms with E-state index in [-0.39, 0.29) is 23.7 Å². The largest absolute Gasteiger partial charge is 0.359 e. The lowest BCUT2D eigenvalue weighted by Gasteiger charge is -2.34. The van der Waals surface area contributed by atoms with Gasteiger partial charge in [0.25, 0.3) is 5.91 Å². The van der Waals surface area contributed by atoms with E-state index in [9.17, 15) is 9.59 Å². The lowest BCUT2D eigenvalue weighted by Crippen LogP contribution is -2.39. The fourth-order valence-corrected chi connectivity index (χ4v) is 4.74. The fourth-order valence-electron chi connectivity index (χ4n) is 4.74. The van der Waals surface area contributed by atoms with Gasteiger partial charge in [-0.15, -0.1) is 0 Å². The normalized spacial score (nSPS) is 23.9. The van der Waals surface area contributed by atoms with Gasteiger partial charge in [-0.05, 0) is 56.9 Å². The van der Waals surface area contributed by atoms with Gasteiger partial charge in [0.2, 0.25) is 5.91 Å². The van der Waals surface area contributed by atoms with Gasteiger partial charge in [0.05, 0.1) is 11.4 Å². The minimum atomic E-state index is -0.136. The summed E-state index contributed by atoms with van der Waals surface area (Å²) < 4.78 is 0. The number of amides is 2. The van der Waals surface area contributed by atoms with Crippen molar-refractivity contribution in [2.75, 3.05) is 40.3 Å². The maximum Gasteiger partial charge on any atom is 0.272 e. The standard InChI is InChI=1S/C22H28N4O2/c1-23-21(27)18-14-26(13-17(18)15-9-11-25(2)12-10-15)22(28)20-8-7-16-5-3-4-6-19(16)24-20/h3-8,15,17-18H,9-14H2,1-2H3,(H,23,27)/t17-,18+/m0/s1. The Morgan fingerprint density at radius 3 is 2.57 bits per heavy atom. The van der Waals surface area contributed by atoms with Crippen LogP contribution in [0.15, 0.2) is 36.4 Å². The van der Waals surface area contributed by atoms with Crippen LogP contribution in [0.4, 0.5) is 0 Å². The zero-order chi connectivity index (χ0) is 19.7. The van der Waals surface area contributed by atoms with E-state index >= 15 is 0 Å². The smallest absolute Gasteiger partial charge is 0.272 e. The summed E-state index contributed by atoms with van der Waals surface area (Å²) in [5, 5.41) is 3.83. The quantitative estimate of drug-likeness (QED) is 0.885. The molecule has 2 atom stereocenters. The maximum absolute atomic E-state index is 13.2. The third-order valence-corrected chi connectivity index (χ3v) is 6.42. The van der Waals surface area contributed by atoms with Crippen molar-refractivity contribution in [3.8, 4) is 0 Å². The number of carbonyl (C=O) groups excluding carboxylic acids is 2. The Labute approximate surface area is 165 Å². The number of likely N-dealkylation sites (tertiary alicyclic amines) is 2. The molecule has 2 saturated heterocycles. The van der Waals surface area contributed by atoms with Gasteiger partial charge in [-0.25, -0.2) is 4.98 Å². The Morgan fingerprint density at radius 2 is 1.82 bits per heavy atom. The van der Waals surface area contributed by atoms with Gasteiger partial charge in [0.15, 0.2) is 0 Å². The second-order valence-electron chi connectivity index (χ2n) is 8.12. The summed E-state index contributed by atoms with van der Waals surface area (Å²) >= 11 is 0. The molecule has 2 amide bonds. The van der Waals surface area contributed by atoms with Crippen molar-refractivity contribution in [3.05, 3.63) is 42.1 Å². The van der Waals surface area contributed by atoms with Gasteiger partial charge in [-0.1, -0.05) is 24.3 Å². The number of pyridine rings is 1. The number of hydrogen-bond acceptors (Lipinski definition) is 4. The molecule has 3 heterocycles. The highest BCUT2D eigenvalue weighted by molar-refractivity contribution is 5.95. The monoisotopic (exact) mass is 380 g/mol. The average Bonchev–Trinajstić information content (AvgIpc) is 3.18. The molecule has 1 aromatic heterocycles. The van der Waals surface area contributed by atoms with Crippen molar-refractivity contribution in [3.63, 3.8) is 0 Å². The molecule has 2 aliphatic rings. The molecule has 1 aromatic carbocycles. The third-order valence-electron chi connectivity index (χ3n) is 6.42. The second kappa shape index (κ2) is 7.87. The number of fused-ring (bicyclic) bond motifs is 1. The van der Waals surface area contributed by atoms with Crippen LogP contribution in [0.1, 0.15) is 23.3 Å². The SMILES string of the molecule is CNC(=O)[C@@H]1CN(C(=O)c2ccc3ccccc3n2)C[C@H]1C1CCN(C)CC1. The zero-order valence-corrected chi connectivity index (χ0v) is 16.6. The van der Waals surface area contributed by atoms with Crippen molar-refractivity contribution in [2.45, 2.75) is 12.8 Å². The average molecular weight is 380 g/mol. The molecule has 148 valence electrons. The number of para-hydroxylation sites is 1. The van der Waals surface area contributed by atoms with Crippen molar-refractivity contribution in [2.24, 2.45) is 17.8 Å². The van der Waals surface area contributed by atoms with E-state index in [4.69, 9.17) is 0 Å². The van der Waals surface area contributed by atoms with E-state index in [2.05, 4.69) is 22.2 Å². The number of piperidine rings is 1. The summed E-state index contributed by atoms with van der Waals surface area (Å²) in [6, 6.07) is 11.5. The topological polar surface area (TPSA) is 65.5 Å². The highest BCUT2D eigenvalue weighted by Crippen LogP contribution is 2.36. The number of rotatable bonds is 3. The van der Waals surface area contributed by atoms with Gasteiger partial charge in [0, 0.05) is 25.5 Å². The van der Waals surface area contributed by atoms with Gasteiger partial charge < -0.3 is 15.1 Å². The van der Waals surface area contributed by atoms with Crippen LogP contribution in [0.25, 0.3) is 10.9 Å². The molecule has 0 bridgehead atoms. The predicted octanol–water partition coefficient (Wildman–Crippen LogP) is 2.01. The van der Waals surface area contributed by atoms with Gasteiger partial charge in [-0.3, -0.25) is 9.59 Å². The van der Waals surface area contributed by atoms with Crippen LogP contribution in [-0.2, 0) is 4.79 Å². The number of carbonyl (C=O) groups is 2. The lowest BCUT2D eigenvalue weighted by molar-refractivity contribution is -0.125. The molecule has 0 radical (unpaired) electrons. The van der Waals surface area contributed by atoms with Crippen LogP contribution < -0.4 is 5.32 Å². The number of aromatic nitrogens is 1. The van der Waals surface area contributed by atoms with Crippen LogP contribution in [0.3, 0.4) is 0 Å². The molecule has 2 fully saturated rings. The molecule has 6 nitrogen and oxygen atoms in total. The molecular weight excluding hydrogens is 352 g/mol. The van der Waals surface area contributed by atoms with Gasteiger partial charge in [-0.2, -0.15) is 0 Å². The van der Waals surface area contributed by atoms with E-state index in [1.165, 1.54) is 0 Å². The van der Waals surface area contributed by atoms with Gasteiger partial charge in [0.1, 0.15) is 5.69 Å². The first-order chi connectivity index (χ1) is 13.6. The number of nitrogens with one attached hydrogen (secondary N) is 1. The second-order valence-corrected chi connectivity index (χ2v) is 8.12. The summed E-state index contributed by atoms with van der Waals surface area (Å²) in [6.45, 7) is 3.23. The Kier molecular flexibility index (Phi) is 5.31. The van der Waals surface area contributed by atoms with E-state index in [0.29, 0.717) is 24.7 Å². The van der Waals surface area contributed by atoms with E-state index in [0.717, 1.165) is 36.8 Å². The summed E-state index contributed by atoms with van der Waals surface area (Å²) in [5.74, 6) is 0.544. The molecule has 2 aromatic rings. The molecular formula is C22H28N4O2. The van der Waals surface area contributed by atoms with Crippen molar-refractivity contribution >= 4 is 22.7 Å². The zero-order valence-electron chi connectivity index (χ0n) is 16.6. The van der Waals surface area contributed by atoms with Crippen LogP contribution in [0.5, 0.6) is 0 Å². The molecule has 0 saturated carbocycles. The lowest BCUT2D eigenvalue weighted by atomic mass is 9.78. The van der Waals surface area contributed by atoms with Crippen LogP contribution in [0, 0.1) is 17.8 Å². The summed E-state index contributed by atoms with van der Waals surface area (Å²) in [6.07, 6.45) is 2.18. The number of benzene rings is 1. The minimum Gasteiger partial charge on any atom is -0.359 e. The van der Waals surface area contributed by atoms with Crippen molar-refractivity contribution < 1.29 is 9.59 Å². The van der Waals surface area contributed by atoms with Gasteiger partial charge >= 0.3 is 0 Å². The van der Waals surface area contributed by atoms with Crippen molar-refractivity contribution in [1.29, 1.82) is 0 Å². The van der Waals surface area contributed by atoms with E-state index < -0.39 is 0 Å². The highest BCUT2D eigenvalue weighted by Gasteiger charge is 2.43. The number of hydrogen-bond donors (Lipinski definition) is 1. The molecule has 2 aliphatic heterocycles. The van der Waals surface area contributed by atoms with Crippen molar-refractivity contribution in [1.82, 2.24) is 20.1 Å². The first kappa shape index (κ1) is 18.9. The first-order valence-corrected chi connectivity index (χ1v) is 10.1. The summed E-state index contributed by atoms with van der Waals surface area (Å²) in [4.78, 5) is 34.4. The highest BCUT2D eigenvalue weighted by atomic mass is 16.2. The van der Waals surface area contributed by atoms with Crippen LogP contribution in [-0.4, -0.2) is 66.9 Å². The van der Waals surface area contributed by atoms with Crippen LogP contribution in [0.2, 0.25) is 0 Å². The van der Waals surface area contributed by atoms with Crippen LogP contribution >= 0.6 is 0 Å². The Bertz CT molecular complexity index is 876. The first-order valence-electron chi connectivity index (χ1n) is 10.1. The van der Waals surface area contributed by atoms with E-state index in [1.54, 1.807) is 13.1 Å². The minimum absolute atomic E-state index is 0.0469. The Hall–Kier alpha value is -2.47. The Morgan fingerprint density at radius 1 is 1.07 bits per heavy atom. The summed E-state index contributed by atoms with van der Waals surface area (Å²) in [7, 11) is 3.83. The molecule has 0 spiro atoms. The molecule has 4 rings (SSSR count). The maximum atomic E-state index is 13.2. The Balaban J connectivity index is 1.55. The predicted molar refractivity (Wildman–Crippen MR) is 109 cm³/mol. The molecule has 1 N–H and O–H groups in total. The molecule has 0 unspecified atom stereocenters. The number of nitrogens with zero attached hydrogens (tertiary/aromatic N) is 3. The molecule has 28 heavy (non-hydrogen) atoms.